The van der Waals surface area contributed by atoms with Crippen LogP contribution in [0.4, 0.5) is 4.39 Å². The molecule has 0 saturated heterocycles. The van der Waals surface area contributed by atoms with Crippen LogP contribution in [0.1, 0.15) is 10.4 Å². The summed E-state index contributed by atoms with van der Waals surface area (Å²) < 4.78 is 23.6. The van der Waals surface area contributed by atoms with Gasteiger partial charge in [0.15, 0.2) is 5.78 Å². The third-order valence-corrected chi connectivity index (χ3v) is 3.53. The Hall–Kier alpha value is -3.29. The van der Waals surface area contributed by atoms with E-state index in [1.165, 1.54) is 26.4 Å². The van der Waals surface area contributed by atoms with E-state index in [1.54, 1.807) is 30.3 Å². The highest BCUT2D eigenvalue weighted by Crippen LogP contribution is 2.25. The number of hydrogen-bond donors (Lipinski definition) is 0. The smallest absolute Gasteiger partial charge is 0.205 e. The molecule has 0 aliphatic heterocycles. The fourth-order valence-electron chi connectivity index (χ4n) is 2.30. The van der Waals surface area contributed by atoms with Crippen molar-refractivity contribution in [2.45, 2.75) is 6.54 Å². The largest absolute Gasteiger partial charge is 0.497 e. The van der Waals surface area contributed by atoms with Crippen molar-refractivity contribution in [1.29, 1.82) is 0 Å². The summed E-state index contributed by atoms with van der Waals surface area (Å²) in [4.78, 5) is 13.6. The van der Waals surface area contributed by atoms with Crippen molar-refractivity contribution in [2.75, 3.05) is 14.2 Å². The maximum absolute atomic E-state index is 13.3. The normalized spacial score (nSPS) is 10.5. The fraction of sp³-hybridized carbons (Fsp3) is 0.176. The molecule has 0 saturated carbocycles. The third kappa shape index (κ3) is 3.63. The van der Waals surface area contributed by atoms with Crippen molar-refractivity contribution in [1.82, 2.24) is 20.2 Å². The molecule has 128 valence electrons. The highest BCUT2D eigenvalue weighted by Gasteiger charge is 2.16. The Labute approximate surface area is 143 Å². The molecule has 8 heteroatoms. The number of methoxy groups -OCH3 is 2. The minimum absolute atomic E-state index is 0.120. The second-order valence-electron chi connectivity index (χ2n) is 5.14. The zero-order chi connectivity index (χ0) is 17.8. The zero-order valence-electron chi connectivity index (χ0n) is 13.6. The molecule has 0 unspecified atom stereocenters. The number of carbonyl (C=O) groups excluding carboxylic acids is 1. The van der Waals surface area contributed by atoms with Crippen molar-refractivity contribution in [3.8, 4) is 22.9 Å². The monoisotopic (exact) mass is 342 g/mol. The maximum Gasteiger partial charge on any atom is 0.205 e. The minimum Gasteiger partial charge on any atom is -0.497 e. The van der Waals surface area contributed by atoms with Crippen LogP contribution in [0.3, 0.4) is 0 Å². The van der Waals surface area contributed by atoms with Crippen molar-refractivity contribution < 1.29 is 18.7 Å². The number of ketones is 1. The Morgan fingerprint density at radius 1 is 1.16 bits per heavy atom. The summed E-state index contributed by atoms with van der Waals surface area (Å²) in [7, 11) is 3.00. The summed E-state index contributed by atoms with van der Waals surface area (Å²) >= 11 is 0. The van der Waals surface area contributed by atoms with Gasteiger partial charge in [-0.15, -0.1) is 10.2 Å². The Bertz CT molecular complexity index is 910. The van der Waals surface area contributed by atoms with Crippen molar-refractivity contribution >= 4 is 5.78 Å². The van der Waals surface area contributed by atoms with E-state index in [2.05, 4.69) is 15.4 Å². The quantitative estimate of drug-likeness (QED) is 0.640. The van der Waals surface area contributed by atoms with Crippen LogP contribution in [0, 0.1) is 5.82 Å². The van der Waals surface area contributed by atoms with Gasteiger partial charge in [0.1, 0.15) is 23.9 Å². The number of halogens is 1. The van der Waals surface area contributed by atoms with Gasteiger partial charge in [-0.25, -0.2) is 4.39 Å². The third-order valence-electron chi connectivity index (χ3n) is 3.53. The van der Waals surface area contributed by atoms with Gasteiger partial charge in [0.2, 0.25) is 5.82 Å². The van der Waals surface area contributed by atoms with Crippen LogP contribution in [0.15, 0.2) is 42.5 Å². The maximum atomic E-state index is 13.3. The van der Waals surface area contributed by atoms with Crippen LogP contribution in [0.2, 0.25) is 0 Å². The summed E-state index contributed by atoms with van der Waals surface area (Å²) in [5.74, 6) is 0.583. The molecule has 0 radical (unpaired) electrons. The number of tetrazole rings is 1. The Balaban J connectivity index is 1.80. The van der Waals surface area contributed by atoms with Crippen molar-refractivity contribution in [2.24, 2.45) is 0 Å². The molecule has 0 fully saturated rings. The van der Waals surface area contributed by atoms with Gasteiger partial charge >= 0.3 is 0 Å². The van der Waals surface area contributed by atoms with Gasteiger partial charge in [-0.2, -0.15) is 4.80 Å². The predicted molar refractivity (Wildman–Crippen MR) is 87.1 cm³/mol. The first-order valence-corrected chi connectivity index (χ1v) is 7.39. The van der Waals surface area contributed by atoms with Crippen LogP contribution < -0.4 is 9.47 Å². The molecule has 0 amide bonds. The summed E-state index contributed by atoms with van der Waals surface area (Å²) in [6.07, 6.45) is 0. The zero-order valence-corrected chi connectivity index (χ0v) is 13.6. The van der Waals surface area contributed by atoms with E-state index in [0.29, 0.717) is 22.6 Å². The van der Waals surface area contributed by atoms with Gasteiger partial charge in [-0.3, -0.25) is 4.79 Å². The van der Waals surface area contributed by atoms with Crippen molar-refractivity contribution in [3.63, 3.8) is 0 Å². The molecule has 2 aromatic carbocycles. The number of nitrogens with zero attached hydrogens (tertiary/aromatic N) is 4. The molecule has 0 bridgehead atoms. The molecule has 0 N–H and O–H groups in total. The average molecular weight is 342 g/mol. The number of aromatic nitrogens is 4. The fourth-order valence-corrected chi connectivity index (χ4v) is 2.30. The molecule has 0 atom stereocenters. The summed E-state index contributed by atoms with van der Waals surface area (Å²) in [6, 6.07) is 10.8. The van der Waals surface area contributed by atoms with Crippen LogP contribution in [-0.2, 0) is 6.54 Å². The Morgan fingerprint density at radius 2 is 2.00 bits per heavy atom. The first-order valence-electron chi connectivity index (χ1n) is 7.39. The first kappa shape index (κ1) is 16.6. The van der Waals surface area contributed by atoms with E-state index < -0.39 is 5.82 Å². The van der Waals surface area contributed by atoms with Crippen LogP contribution in [-0.4, -0.2) is 40.2 Å². The number of hydrogen-bond acceptors (Lipinski definition) is 6. The number of rotatable bonds is 6. The van der Waals surface area contributed by atoms with Crippen molar-refractivity contribution in [3.05, 3.63) is 53.8 Å². The Morgan fingerprint density at radius 3 is 2.72 bits per heavy atom. The van der Waals surface area contributed by atoms with Gasteiger partial charge in [0.05, 0.1) is 19.8 Å². The van der Waals surface area contributed by atoms with Gasteiger partial charge in [0, 0.05) is 11.6 Å². The molecule has 3 aromatic rings. The van der Waals surface area contributed by atoms with Gasteiger partial charge in [-0.05, 0) is 29.5 Å². The highest BCUT2D eigenvalue weighted by molar-refractivity contribution is 5.98. The second-order valence-corrected chi connectivity index (χ2v) is 5.14. The lowest BCUT2D eigenvalue weighted by atomic mass is 10.1. The Kier molecular flexibility index (Phi) is 4.69. The van der Waals surface area contributed by atoms with E-state index in [9.17, 15) is 9.18 Å². The van der Waals surface area contributed by atoms with Crippen LogP contribution >= 0.6 is 0 Å². The molecule has 0 aliphatic carbocycles. The summed E-state index contributed by atoms with van der Waals surface area (Å²) in [5, 5.41) is 11.8. The lowest BCUT2D eigenvalue weighted by Gasteiger charge is -2.09. The van der Waals surface area contributed by atoms with E-state index in [-0.39, 0.29) is 18.2 Å². The number of Topliss-reactive ketones (excluding diaryl/α,β-unsaturated/α-hetero) is 1. The second kappa shape index (κ2) is 7.08. The van der Waals surface area contributed by atoms with Crippen LogP contribution in [0.25, 0.3) is 11.4 Å². The lowest BCUT2D eigenvalue weighted by molar-refractivity contribution is 0.0958. The molecular weight excluding hydrogens is 327 g/mol. The standard InChI is InChI=1S/C17H15FN4O3/c1-24-13-6-7-14(16(9-13)25-2)15(23)10-22-20-17(19-21-22)11-4-3-5-12(18)8-11/h3-9H,10H2,1-2H3. The molecule has 25 heavy (non-hydrogen) atoms. The molecular formula is C17H15FN4O3. The molecule has 1 heterocycles. The van der Waals surface area contributed by atoms with Crippen LogP contribution in [0.5, 0.6) is 11.5 Å². The van der Waals surface area contributed by atoms with E-state index in [1.807, 2.05) is 0 Å². The van der Waals surface area contributed by atoms with E-state index in [4.69, 9.17) is 9.47 Å². The molecule has 3 rings (SSSR count). The minimum atomic E-state index is -0.395. The first-order chi connectivity index (χ1) is 12.1. The number of carbonyl (C=O) groups is 1. The van der Waals surface area contributed by atoms with Gasteiger partial charge in [-0.1, -0.05) is 12.1 Å². The summed E-state index contributed by atoms with van der Waals surface area (Å²) in [5.41, 5.74) is 0.869. The molecule has 1 aromatic heterocycles. The average Bonchev–Trinajstić information content (AvgIpc) is 3.09. The molecule has 0 spiro atoms. The van der Waals surface area contributed by atoms with E-state index in [0.717, 1.165) is 4.80 Å². The van der Waals surface area contributed by atoms with Gasteiger partial charge < -0.3 is 9.47 Å². The topological polar surface area (TPSA) is 79.1 Å². The summed E-state index contributed by atoms with van der Waals surface area (Å²) in [6.45, 7) is -0.120. The van der Waals surface area contributed by atoms with E-state index >= 15 is 0 Å². The van der Waals surface area contributed by atoms with Gasteiger partial charge in [0.25, 0.3) is 0 Å². The number of ether oxygens (including phenoxy) is 2. The number of benzene rings is 2. The SMILES string of the molecule is COc1ccc(C(=O)Cn2nnc(-c3cccc(F)c3)n2)c(OC)c1. The molecule has 7 nitrogen and oxygen atoms in total. The lowest BCUT2D eigenvalue weighted by Crippen LogP contribution is -2.14. The predicted octanol–water partition coefficient (Wildman–Crippen LogP) is 2.38. The molecule has 0 aliphatic rings. The highest BCUT2D eigenvalue weighted by atomic mass is 19.1.